The second-order valence-electron chi connectivity index (χ2n) is 3.50. The van der Waals surface area contributed by atoms with Crippen LogP contribution in [0.3, 0.4) is 0 Å². The highest BCUT2D eigenvalue weighted by Crippen LogP contribution is 2.18. The smallest absolute Gasteiger partial charge is 0.328 e. The summed E-state index contributed by atoms with van der Waals surface area (Å²) in [4.78, 5) is 32.5. The van der Waals surface area contributed by atoms with Crippen molar-refractivity contribution in [3.8, 4) is 5.75 Å². The van der Waals surface area contributed by atoms with Crippen molar-refractivity contribution in [3.05, 3.63) is 41.5 Å². The van der Waals surface area contributed by atoms with Gasteiger partial charge < -0.3 is 15.2 Å². The summed E-state index contributed by atoms with van der Waals surface area (Å²) < 4.78 is 5.23. The van der Waals surface area contributed by atoms with Gasteiger partial charge in [0.15, 0.2) is 6.29 Å². The Morgan fingerprint density at radius 2 is 2.16 bits per heavy atom. The number of hydrogen-bond acceptors (Lipinski definition) is 4. The summed E-state index contributed by atoms with van der Waals surface area (Å²) in [6.45, 7) is 0.0203. The van der Waals surface area contributed by atoms with Crippen molar-refractivity contribution in [2.45, 2.75) is 0 Å². The molecule has 0 aromatic heterocycles. The summed E-state index contributed by atoms with van der Waals surface area (Å²) in [7, 11) is 1.49. The third-order valence-corrected chi connectivity index (χ3v) is 2.22. The van der Waals surface area contributed by atoms with Gasteiger partial charge in [-0.25, -0.2) is 4.79 Å². The maximum Gasteiger partial charge on any atom is 0.328 e. The Bertz CT molecular complexity index is 522. The molecule has 0 unspecified atom stereocenters. The largest absolute Gasteiger partial charge is 0.489 e. The highest BCUT2D eigenvalue weighted by Gasteiger charge is 2.08. The number of ether oxygens (including phenoxy) is 1. The molecule has 0 bridgehead atoms. The summed E-state index contributed by atoms with van der Waals surface area (Å²) in [6, 6.07) is 4.41. The van der Waals surface area contributed by atoms with Crippen molar-refractivity contribution in [1.29, 1.82) is 0 Å². The number of carbonyl (C=O) groups is 3. The predicted molar refractivity (Wildman–Crippen MR) is 67.5 cm³/mol. The van der Waals surface area contributed by atoms with Gasteiger partial charge in [0.2, 0.25) is 0 Å². The van der Waals surface area contributed by atoms with Crippen LogP contribution in [0.4, 0.5) is 0 Å². The molecule has 0 fully saturated rings. The molecule has 0 aliphatic carbocycles. The van der Waals surface area contributed by atoms with Crippen molar-refractivity contribution in [3.63, 3.8) is 0 Å². The first-order valence-corrected chi connectivity index (χ1v) is 5.42. The molecule has 0 aliphatic rings. The molecular weight excluding hydrogens is 250 g/mol. The van der Waals surface area contributed by atoms with Crippen molar-refractivity contribution >= 4 is 18.2 Å². The lowest BCUT2D eigenvalue weighted by atomic mass is 10.1. The van der Waals surface area contributed by atoms with Gasteiger partial charge in [0.1, 0.15) is 12.4 Å². The minimum Gasteiger partial charge on any atom is -0.489 e. The van der Waals surface area contributed by atoms with Crippen molar-refractivity contribution < 1.29 is 24.2 Å². The Hall–Kier alpha value is -2.63. The molecule has 1 aromatic carbocycles. The number of rotatable bonds is 6. The van der Waals surface area contributed by atoms with Crippen LogP contribution in [0.5, 0.6) is 5.75 Å². The van der Waals surface area contributed by atoms with E-state index in [2.05, 4.69) is 5.32 Å². The average molecular weight is 263 g/mol. The van der Waals surface area contributed by atoms with Crippen LogP contribution < -0.4 is 10.1 Å². The highest BCUT2D eigenvalue weighted by atomic mass is 16.5. The zero-order chi connectivity index (χ0) is 14.3. The predicted octanol–water partition coefficient (Wildman–Crippen LogP) is 0.878. The number of nitrogens with one attached hydrogen (secondary N) is 1. The summed E-state index contributed by atoms with van der Waals surface area (Å²) in [5, 5.41) is 10.8. The van der Waals surface area contributed by atoms with Gasteiger partial charge in [0.05, 0.1) is 5.56 Å². The molecule has 1 aromatic rings. The summed E-state index contributed by atoms with van der Waals surface area (Å²) >= 11 is 0. The number of amides is 1. The monoisotopic (exact) mass is 263 g/mol. The number of carboxylic acids is 1. The molecule has 6 heteroatoms. The van der Waals surface area contributed by atoms with Crippen molar-refractivity contribution in [1.82, 2.24) is 5.32 Å². The Balaban J connectivity index is 2.82. The van der Waals surface area contributed by atoms with E-state index in [1.54, 1.807) is 0 Å². The second-order valence-corrected chi connectivity index (χ2v) is 3.50. The van der Waals surface area contributed by atoms with Crippen LogP contribution in [0.2, 0.25) is 0 Å². The number of aliphatic carboxylic acids is 1. The second kappa shape index (κ2) is 6.95. The first kappa shape index (κ1) is 14.4. The Kier molecular flexibility index (Phi) is 5.28. The summed E-state index contributed by atoms with van der Waals surface area (Å²) in [5.74, 6) is -1.09. The number of carboxylic acid groups (broad SMARTS) is 1. The van der Waals surface area contributed by atoms with Crippen molar-refractivity contribution in [2.24, 2.45) is 0 Å². The number of carbonyl (C=O) groups excluding carboxylic acids is 2. The van der Waals surface area contributed by atoms with Gasteiger partial charge in [0, 0.05) is 18.7 Å². The maximum atomic E-state index is 11.4. The van der Waals surface area contributed by atoms with Crippen LogP contribution in [-0.2, 0) is 4.79 Å². The van der Waals surface area contributed by atoms with Crippen LogP contribution in [0, 0.1) is 0 Å². The standard InChI is InChI=1S/C13H13NO5/c1-14-13(18)9-4-5-11(10(7-9)8-15)19-6-2-3-12(16)17/h2-5,7-8H,6H2,1H3,(H,14,18)(H,16,17)/b3-2+. The number of hydrogen-bond donors (Lipinski definition) is 2. The van der Waals surface area contributed by atoms with E-state index in [1.165, 1.54) is 31.3 Å². The molecule has 2 N–H and O–H groups in total. The lowest BCUT2D eigenvalue weighted by Gasteiger charge is -2.07. The van der Waals surface area contributed by atoms with E-state index >= 15 is 0 Å². The first-order valence-electron chi connectivity index (χ1n) is 5.42. The molecule has 19 heavy (non-hydrogen) atoms. The third-order valence-electron chi connectivity index (χ3n) is 2.22. The maximum absolute atomic E-state index is 11.4. The topological polar surface area (TPSA) is 92.7 Å². The van der Waals surface area contributed by atoms with E-state index in [9.17, 15) is 14.4 Å². The quantitative estimate of drug-likeness (QED) is 0.587. The lowest BCUT2D eigenvalue weighted by molar-refractivity contribution is -0.131. The molecule has 0 radical (unpaired) electrons. The Morgan fingerprint density at radius 3 is 2.74 bits per heavy atom. The molecule has 6 nitrogen and oxygen atoms in total. The lowest BCUT2D eigenvalue weighted by Crippen LogP contribution is -2.18. The van der Waals surface area contributed by atoms with Crippen LogP contribution in [0.25, 0.3) is 0 Å². The van der Waals surface area contributed by atoms with Gasteiger partial charge >= 0.3 is 5.97 Å². The summed E-state index contributed by atoms with van der Waals surface area (Å²) in [5.41, 5.74) is 0.572. The molecule has 0 spiro atoms. The molecule has 1 amide bonds. The molecule has 0 atom stereocenters. The number of aldehydes is 1. The van der Waals surface area contributed by atoms with E-state index in [0.717, 1.165) is 6.08 Å². The average Bonchev–Trinajstić information content (AvgIpc) is 2.42. The number of benzene rings is 1. The van der Waals surface area contributed by atoms with Gasteiger partial charge in [-0.1, -0.05) is 0 Å². The molecule has 100 valence electrons. The molecule has 0 saturated carbocycles. The van der Waals surface area contributed by atoms with Crippen LogP contribution in [0.1, 0.15) is 20.7 Å². The SMILES string of the molecule is CNC(=O)c1ccc(OC/C=C/C(=O)O)c(C=O)c1. The molecule has 1 rings (SSSR count). The zero-order valence-corrected chi connectivity index (χ0v) is 10.3. The minimum absolute atomic E-state index is 0.0203. The van der Waals surface area contributed by atoms with Crippen LogP contribution in [0.15, 0.2) is 30.4 Å². The van der Waals surface area contributed by atoms with Gasteiger partial charge in [-0.05, 0) is 24.3 Å². The van der Waals surface area contributed by atoms with Gasteiger partial charge in [-0.3, -0.25) is 9.59 Å². The summed E-state index contributed by atoms with van der Waals surface area (Å²) in [6.07, 6.45) is 2.83. The van der Waals surface area contributed by atoms with Gasteiger partial charge in [0.25, 0.3) is 5.91 Å². The Morgan fingerprint density at radius 1 is 1.42 bits per heavy atom. The fourth-order valence-corrected chi connectivity index (χ4v) is 1.34. The Labute approximate surface area is 109 Å². The van der Waals surface area contributed by atoms with E-state index in [-0.39, 0.29) is 23.8 Å². The molecule has 0 heterocycles. The molecule has 0 aliphatic heterocycles. The minimum atomic E-state index is -1.07. The van der Waals surface area contributed by atoms with Gasteiger partial charge in [-0.15, -0.1) is 0 Å². The van der Waals surface area contributed by atoms with Crippen LogP contribution in [-0.4, -0.2) is 36.9 Å². The van der Waals surface area contributed by atoms with Crippen LogP contribution >= 0.6 is 0 Å². The fourth-order valence-electron chi connectivity index (χ4n) is 1.34. The van der Waals surface area contributed by atoms with Crippen molar-refractivity contribution in [2.75, 3.05) is 13.7 Å². The van der Waals surface area contributed by atoms with E-state index in [4.69, 9.17) is 9.84 Å². The normalized spacial score (nSPS) is 10.2. The van der Waals surface area contributed by atoms with E-state index in [0.29, 0.717) is 11.8 Å². The third kappa shape index (κ3) is 4.27. The zero-order valence-electron chi connectivity index (χ0n) is 10.3. The van der Waals surface area contributed by atoms with E-state index < -0.39 is 5.97 Å². The molecular formula is C13H13NO5. The highest BCUT2D eigenvalue weighted by molar-refractivity contribution is 5.96. The fraction of sp³-hybridized carbons (Fsp3) is 0.154. The van der Waals surface area contributed by atoms with E-state index in [1.807, 2.05) is 0 Å². The first-order chi connectivity index (χ1) is 9.08. The van der Waals surface area contributed by atoms with Gasteiger partial charge in [-0.2, -0.15) is 0 Å². The molecule has 0 saturated heterocycles.